The van der Waals surface area contributed by atoms with Crippen LogP contribution in [0.5, 0.6) is 5.75 Å². The van der Waals surface area contributed by atoms with Crippen molar-refractivity contribution < 1.29 is 4.74 Å². The molecule has 4 aromatic rings. The summed E-state index contributed by atoms with van der Waals surface area (Å²) < 4.78 is 12.1. The van der Waals surface area contributed by atoms with Gasteiger partial charge in [-0.2, -0.15) is 0 Å². The van der Waals surface area contributed by atoms with E-state index < -0.39 is 0 Å². The van der Waals surface area contributed by atoms with E-state index in [1.54, 1.807) is 11.3 Å². The van der Waals surface area contributed by atoms with Gasteiger partial charge < -0.3 is 19.2 Å². The molecule has 1 aromatic carbocycles. The Hall–Kier alpha value is -2.28. The van der Waals surface area contributed by atoms with Crippen LogP contribution in [0.1, 0.15) is 43.9 Å². The molecule has 0 saturated carbocycles. The highest BCUT2D eigenvalue weighted by atomic mass is 35.5. The Labute approximate surface area is 218 Å². The van der Waals surface area contributed by atoms with Crippen molar-refractivity contribution in [3.05, 3.63) is 59.2 Å². The van der Waals surface area contributed by atoms with Crippen molar-refractivity contribution in [1.82, 2.24) is 19.4 Å². The molecule has 5 nitrogen and oxygen atoms in total. The van der Waals surface area contributed by atoms with Crippen LogP contribution >= 0.6 is 23.7 Å². The summed E-state index contributed by atoms with van der Waals surface area (Å²) in [6.07, 6.45) is 8.86. The standard InChI is InChI=1S/C28H36N4OS.ClH/c1-3-5-23-19-30-28(26-18-27-25(31(26)2)13-17-34-27)32(23)16-4-6-21-7-9-24(10-8-21)33-20-22-11-14-29-15-12-22;/h7-10,13,17-19,22,29H,3-6,11-12,14-16,20H2,1-2H3;1H. The zero-order valence-electron chi connectivity index (χ0n) is 20.8. The van der Waals surface area contributed by atoms with Gasteiger partial charge >= 0.3 is 0 Å². The van der Waals surface area contributed by atoms with Gasteiger partial charge in [0.15, 0.2) is 5.82 Å². The number of nitrogens with zero attached hydrogens (tertiary/aromatic N) is 3. The highest BCUT2D eigenvalue weighted by Crippen LogP contribution is 2.31. The smallest absolute Gasteiger partial charge is 0.156 e. The van der Waals surface area contributed by atoms with Gasteiger partial charge in [-0.15, -0.1) is 23.7 Å². The van der Waals surface area contributed by atoms with E-state index >= 15 is 0 Å². The molecule has 1 saturated heterocycles. The Morgan fingerprint density at radius 1 is 1.11 bits per heavy atom. The molecule has 0 aliphatic carbocycles. The number of thiophene rings is 1. The Morgan fingerprint density at radius 2 is 1.91 bits per heavy atom. The number of halogens is 1. The molecular formula is C28H37ClN4OS. The van der Waals surface area contributed by atoms with Gasteiger partial charge in [0.1, 0.15) is 5.75 Å². The summed E-state index contributed by atoms with van der Waals surface area (Å²) in [7, 11) is 2.15. The number of benzene rings is 1. The second kappa shape index (κ2) is 12.1. The average Bonchev–Trinajstić information content (AvgIpc) is 3.56. The lowest BCUT2D eigenvalue weighted by atomic mass is 9.99. The largest absolute Gasteiger partial charge is 0.493 e. The fraction of sp³-hybridized carbons (Fsp3) is 0.464. The highest BCUT2D eigenvalue weighted by Gasteiger charge is 2.17. The van der Waals surface area contributed by atoms with E-state index in [-0.39, 0.29) is 12.4 Å². The van der Waals surface area contributed by atoms with E-state index in [0.717, 1.165) is 63.5 Å². The first kappa shape index (κ1) is 25.8. The third kappa shape index (κ3) is 5.93. The maximum Gasteiger partial charge on any atom is 0.156 e. The van der Waals surface area contributed by atoms with E-state index in [0.29, 0.717) is 5.92 Å². The molecule has 0 radical (unpaired) electrons. The van der Waals surface area contributed by atoms with Crippen molar-refractivity contribution in [3.8, 4) is 17.3 Å². The van der Waals surface area contributed by atoms with Gasteiger partial charge in [-0.3, -0.25) is 0 Å². The molecule has 5 rings (SSSR count). The molecule has 1 N–H and O–H groups in total. The number of aryl methyl sites for hydroxylation is 3. The number of nitrogens with one attached hydrogen (secondary N) is 1. The molecule has 0 bridgehead atoms. The zero-order chi connectivity index (χ0) is 23.3. The average molecular weight is 513 g/mol. The Bertz CT molecular complexity index is 1200. The van der Waals surface area contributed by atoms with Crippen molar-refractivity contribution in [2.75, 3.05) is 19.7 Å². The van der Waals surface area contributed by atoms with Crippen LogP contribution in [-0.4, -0.2) is 33.8 Å². The minimum Gasteiger partial charge on any atom is -0.493 e. The summed E-state index contributed by atoms with van der Waals surface area (Å²) in [6.45, 7) is 6.30. The minimum absolute atomic E-state index is 0. The summed E-state index contributed by atoms with van der Waals surface area (Å²) in [6, 6.07) is 13.2. The number of imidazole rings is 1. The fourth-order valence-corrected chi connectivity index (χ4v) is 5.89. The molecular weight excluding hydrogens is 476 g/mol. The first-order valence-electron chi connectivity index (χ1n) is 12.7. The van der Waals surface area contributed by atoms with Crippen LogP contribution in [0.25, 0.3) is 21.7 Å². The number of aromatic nitrogens is 3. The fourth-order valence-electron chi connectivity index (χ4n) is 5.04. The van der Waals surface area contributed by atoms with Crippen molar-refractivity contribution in [3.63, 3.8) is 0 Å². The van der Waals surface area contributed by atoms with Gasteiger partial charge in [-0.25, -0.2) is 4.98 Å². The molecule has 35 heavy (non-hydrogen) atoms. The van der Waals surface area contributed by atoms with Gasteiger partial charge in [-0.1, -0.05) is 25.5 Å². The monoisotopic (exact) mass is 512 g/mol. The summed E-state index contributed by atoms with van der Waals surface area (Å²) in [4.78, 5) is 4.86. The summed E-state index contributed by atoms with van der Waals surface area (Å²) in [5.74, 6) is 2.77. The first-order valence-corrected chi connectivity index (χ1v) is 13.6. The van der Waals surface area contributed by atoms with E-state index in [9.17, 15) is 0 Å². The SMILES string of the molecule is CCCc1cnc(-c2cc3sccc3n2C)n1CCCc1ccc(OCC2CCNCC2)cc1.Cl. The molecule has 0 unspecified atom stereocenters. The van der Waals surface area contributed by atoms with Gasteiger partial charge in [0, 0.05) is 25.5 Å². The maximum absolute atomic E-state index is 6.06. The van der Waals surface area contributed by atoms with Gasteiger partial charge in [0.25, 0.3) is 0 Å². The number of piperidine rings is 1. The summed E-state index contributed by atoms with van der Waals surface area (Å²) in [5, 5.41) is 5.58. The van der Waals surface area contributed by atoms with Gasteiger partial charge in [0.05, 0.1) is 22.5 Å². The van der Waals surface area contributed by atoms with Crippen molar-refractivity contribution in [1.29, 1.82) is 0 Å². The number of fused-ring (bicyclic) bond motifs is 1. The third-order valence-electron chi connectivity index (χ3n) is 7.05. The van der Waals surface area contributed by atoms with Crippen molar-refractivity contribution >= 4 is 34.0 Å². The van der Waals surface area contributed by atoms with Crippen LogP contribution in [0, 0.1) is 5.92 Å². The maximum atomic E-state index is 6.06. The molecule has 0 spiro atoms. The number of ether oxygens (including phenoxy) is 1. The van der Waals surface area contributed by atoms with E-state index in [2.05, 4.69) is 76.4 Å². The lowest BCUT2D eigenvalue weighted by Gasteiger charge is -2.22. The van der Waals surface area contributed by atoms with Crippen LogP contribution in [0.15, 0.2) is 48.0 Å². The van der Waals surface area contributed by atoms with Crippen molar-refractivity contribution in [2.45, 2.75) is 52.0 Å². The molecule has 188 valence electrons. The molecule has 7 heteroatoms. The second-order valence-electron chi connectivity index (χ2n) is 9.49. The van der Waals surface area contributed by atoms with Crippen LogP contribution in [0.3, 0.4) is 0 Å². The van der Waals surface area contributed by atoms with Crippen LogP contribution in [0.2, 0.25) is 0 Å². The van der Waals surface area contributed by atoms with E-state index in [4.69, 9.17) is 9.72 Å². The molecule has 1 fully saturated rings. The predicted molar refractivity (Wildman–Crippen MR) is 149 cm³/mol. The zero-order valence-corrected chi connectivity index (χ0v) is 22.5. The Balaban J connectivity index is 0.00000289. The second-order valence-corrected chi connectivity index (χ2v) is 10.4. The van der Waals surface area contributed by atoms with E-state index in [1.165, 1.54) is 40.0 Å². The number of rotatable bonds is 10. The quantitative estimate of drug-likeness (QED) is 0.264. The normalized spacial score (nSPS) is 14.3. The van der Waals surface area contributed by atoms with Crippen LogP contribution in [0.4, 0.5) is 0 Å². The molecule has 0 atom stereocenters. The van der Waals surface area contributed by atoms with Crippen LogP contribution in [-0.2, 0) is 26.4 Å². The van der Waals surface area contributed by atoms with Crippen LogP contribution < -0.4 is 10.1 Å². The lowest BCUT2D eigenvalue weighted by molar-refractivity contribution is 0.215. The number of hydrogen-bond donors (Lipinski definition) is 1. The summed E-state index contributed by atoms with van der Waals surface area (Å²) >= 11 is 1.80. The highest BCUT2D eigenvalue weighted by molar-refractivity contribution is 7.17. The lowest BCUT2D eigenvalue weighted by Crippen LogP contribution is -2.30. The molecule has 1 aliphatic heterocycles. The van der Waals surface area contributed by atoms with E-state index in [1.807, 2.05) is 0 Å². The Morgan fingerprint density at radius 3 is 2.66 bits per heavy atom. The van der Waals surface area contributed by atoms with Crippen molar-refractivity contribution in [2.24, 2.45) is 13.0 Å². The number of hydrogen-bond acceptors (Lipinski definition) is 4. The summed E-state index contributed by atoms with van der Waals surface area (Å²) in [5.41, 5.74) is 5.20. The molecule has 3 aromatic heterocycles. The minimum atomic E-state index is 0. The Kier molecular flexibility index (Phi) is 8.93. The predicted octanol–water partition coefficient (Wildman–Crippen LogP) is 6.49. The first-order chi connectivity index (χ1) is 16.7. The topological polar surface area (TPSA) is 44.0 Å². The molecule has 1 aliphatic rings. The van der Waals surface area contributed by atoms with Gasteiger partial charge in [0.2, 0.25) is 0 Å². The van der Waals surface area contributed by atoms with Gasteiger partial charge in [-0.05, 0) is 86.3 Å². The molecule has 0 amide bonds. The third-order valence-corrected chi connectivity index (χ3v) is 7.91. The molecule has 4 heterocycles.